The highest BCUT2D eigenvalue weighted by molar-refractivity contribution is 7.89. The SMILES string of the molecule is CCCNC(=O)CNC(=O)C[NH+]1CCN(S(=O)(=O)c2ccc(CCC)cc2)CC1. The molecule has 0 aliphatic carbocycles. The van der Waals surface area contributed by atoms with E-state index in [9.17, 15) is 18.0 Å². The van der Waals surface area contributed by atoms with E-state index in [0.717, 1.165) is 29.7 Å². The zero-order chi connectivity index (χ0) is 21.3. The number of rotatable bonds is 10. The zero-order valence-corrected chi connectivity index (χ0v) is 18.2. The number of carbonyl (C=O) groups excluding carboxylic acids is 2. The van der Waals surface area contributed by atoms with Crippen LogP contribution in [0.5, 0.6) is 0 Å². The summed E-state index contributed by atoms with van der Waals surface area (Å²) in [7, 11) is -3.51. The van der Waals surface area contributed by atoms with E-state index in [-0.39, 0.29) is 24.9 Å². The third kappa shape index (κ3) is 7.09. The number of benzene rings is 1. The van der Waals surface area contributed by atoms with Crippen molar-refractivity contribution in [1.29, 1.82) is 0 Å². The van der Waals surface area contributed by atoms with Gasteiger partial charge < -0.3 is 15.5 Å². The van der Waals surface area contributed by atoms with Crippen LogP contribution in [0.2, 0.25) is 0 Å². The Hall–Kier alpha value is -1.97. The van der Waals surface area contributed by atoms with Gasteiger partial charge in [0.25, 0.3) is 5.91 Å². The fraction of sp³-hybridized carbons (Fsp3) is 0.600. The highest BCUT2D eigenvalue weighted by Crippen LogP contribution is 2.17. The van der Waals surface area contributed by atoms with Gasteiger partial charge in [0.05, 0.1) is 37.6 Å². The lowest BCUT2D eigenvalue weighted by Crippen LogP contribution is -3.15. The van der Waals surface area contributed by atoms with Crippen molar-refractivity contribution in [2.75, 3.05) is 45.8 Å². The summed E-state index contributed by atoms with van der Waals surface area (Å²) in [5.74, 6) is -0.398. The molecule has 0 spiro atoms. The van der Waals surface area contributed by atoms with E-state index in [1.807, 2.05) is 19.1 Å². The molecule has 0 unspecified atom stereocenters. The van der Waals surface area contributed by atoms with Crippen LogP contribution in [-0.2, 0) is 26.0 Å². The number of nitrogens with zero attached hydrogens (tertiary/aromatic N) is 1. The first-order valence-electron chi connectivity index (χ1n) is 10.3. The van der Waals surface area contributed by atoms with Crippen molar-refractivity contribution in [2.45, 2.75) is 38.0 Å². The largest absolute Gasteiger partial charge is 0.355 e. The Morgan fingerprint density at radius 3 is 2.24 bits per heavy atom. The molecular formula is C20H33N4O4S+. The minimum atomic E-state index is -3.51. The minimum absolute atomic E-state index is 0.0271. The first-order valence-corrected chi connectivity index (χ1v) is 11.8. The first-order chi connectivity index (χ1) is 13.9. The molecular weight excluding hydrogens is 392 g/mol. The maximum absolute atomic E-state index is 12.8. The average Bonchev–Trinajstić information content (AvgIpc) is 2.72. The van der Waals surface area contributed by atoms with E-state index in [1.165, 1.54) is 4.31 Å². The van der Waals surface area contributed by atoms with E-state index in [0.29, 0.717) is 37.6 Å². The maximum Gasteiger partial charge on any atom is 0.275 e. The summed E-state index contributed by atoms with van der Waals surface area (Å²) in [6, 6.07) is 7.10. The number of nitrogens with one attached hydrogen (secondary N) is 3. The molecule has 1 aromatic carbocycles. The van der Waals surface area contributed by atoms with Gasteiger partial charge in [0.15, 0.2) is 6.54 Å². The van der Waals surface area contributed by atoms with Gasteiger partial charge in [0.2, 0.25) is 15.9 Å². The Labute approximate surface area is 173 Å². The number of hydrogen-bond donors (Lipinski definition) is 3. The second-order valence-corrected chi connectivity index (χ2v) is 9.29. The lowest BCUT2D eigenvalue weighted by molar-refractivity contribution is -0.895. The van der Waals surface area contributed by atoms with Crippen molar-refractivity contribution in [3.8, 4) is 0 Å². The topological polar surface area (TPSA) is 100 Å². The highest BCUT2D eigenvalue weighted by Gasteiger charge is 2.31. The van der Waals surface area contributed by atoms with Gasteiger partial charge in [-0.2, -0.15) is 4.31 Å². The number of hydrogen-bond acceptors (Lipinski definition) is 4. The van der Waals surface area contributed by atoms with Crippen LogP contribution < -0.4 is 15.5 Å². The number of piperazine rings is 1. The molecule has 0 bridgehead atoms. The van der Waals surface area contributed by atoms with Crippen LogP contribution in [0.3, 0.4) is 0 Å². The molecule has 2 rings (SSSR count). The molecule has 1 fully saturated rings. The van der Waals surface area contributed by atoms with Crippen molar-refractivity contribution in [3.63, 3.8) is 0 Å². The second kappa shape index (κ2) is 11.3. The Balaban J connectivity index is 1.80. The van der Waals surface area contributed by atoms with E-state index in [4.69, 9.17) is 0 Å². The molecule has 1 aromatic rings. The number of carbonyl (C=O) groups is 2. The summed E-state index contributed by atoms with van der Waals surface area (Å²) in [6.45, 7) is 6.72. The third-order valence-electron chi connectivity index (χ3n) is 4.96. The number of sulfonamides is 1. The quantitative estimate of drug-likeness (QED) is 0.456. The van der Waals surface area contributed by atoms with Gasteiger partial charge in [0, 0.05) is 6.54 Å². The predicted molar refractivity (Wildman–Crippen MR) is 111 cm³/mol. The van der Waals surface area contributed by atoms with Crippen molar-refractivity contribution in [3.05, 3.63) is 29.8 Å². The molecule has 9 heteroatoms. The third-order valence-corrected chi connectivity index (χ3v) is 6.87. The van der Waals surface area contributed by atoms with Crippen LogP contribution in [0.4, 0.5) is 0 Å². The lowest BCUT2D eigenvalue weighted by atomic mass is 10.1. The molecule has 2 amide bonds. The molecule has 162 valence electrons. The molecule has 3 N–H and O–H groups in total. The van der Waals surface area contributed by atoms with Gasteiger partial charge in [0.1, 0.15) is 0 Å². The van der Waals surface area contributed by atoms with Gasteiger partial charge in [-0.25, -0.2) is 8.42 Å². The monoisotopic (exact) mass is 425 g/mol. The molecule has 1 heterocycles. The zero-order valence-electron chi connectivity index (χ0n) is 17.4. The summed E-state index contributed by atoms with van der Waals surface area (Å²) in [5, 5.41) is 5.32. The van der Waals surface area contributed by atoms with Gasteiger partial charge in [-0.1, -0.05) is 32.4 Å². The van der Waals surface area contributed by atoms with Crippen LogP contribution in [-0.4, -0.2) is 70.4 Å². The summed E-state index contributed by atoms with van der Waals surface area (Å²) < 4.78 is 27.2. The standard InChI is InChI=1S/C20H32N4O4S/c1-3-5-17-6-8-18(9-7-17)29(27,28)24-13-11-23(12-14-24)16-20(26)22-15-19(25)21-10-4-2/h6-9H,3-5,10-16H2,1-2H3,(H,21,25)(H,22,26)/p+1. The van der Waals surface area contributed by atoms with Crippen LogP contribution >= 0.6 is 0 Å². The normalized spacial score (nSPS) is 15.8. The van der Waals surface area contributed by atoms with E-state index < -0.39 is 10.0 Å². The molecule has 1 aliphatic rings. The molecule has 0 radical (unpaired) electrons. The van der Waals surface area contributed by atoms with Gasteiger partial charge in [-0.15, -0.1) is 0 Å². The molecule has 1 saturated heterocycles. The summed E-state index contributed by atoms with van der Waals surface area (Å²) in [6.07, 6.45) is 2.80. The predicted octanol–water partition coefficient (Wildman–Crippen LogP) is -0.829. The summed E-state index contributed by atoms with van der Waals surface area (Å²) >= 11 is 0. The number of aryl methyl sites for hydroxylation is 1. The Morgan fingerprint density at radius 2 is 1.66 bits per heavy atom. The fourth-order valence-electron chi connectivity index (χ4n) is 3.28. The first kappa shape index (κ1) is 23.3. The number of amides is 2. The Kier molecular flexibility index (Phi) is 9.06. The Bertz CT molecular complexity index is 772. The van der Waals surface area contributed by atoms with Crippen molar-refractivity contribution >= 4 is 21.8 Å². The van der Waals surface area contributed by atoms with Crippen LogP contribution in [0.1, 0.15) is 32.3 Å². The molecule has 1 aliphatic heterocycles. The van der Waals surface area contributed by atoms with Crippen LogP contribution in [0.25, 0.3) is 0 Å². The van der Waals surface area contributed by atoms with Gasteiger partial charge in [-0.05, 0) is 30.5 Å². The smallest absolute Gasteiger partial charge is 0.275 e. The average molecular weight is 426 g/mol. The van der Waals surface area contributed by atoms with Crippen molar-refractivity contribution < 1.29 is 22.9 Å². The van der Waals surface area contributed by atoms with E-state index in [1.54, 1.807) is 12.1 Å². The van der Waals surface area contributed by atoms with Crippen LogP contribution in [0, 0.1) is 0 Å². The summed E-state index contributed by atoms with van der Waals surface area (Å²) in [4.78, 5) is 24.9. The van der Waals surface area contributed by atoms with Gasteiger partial charge in [-0.3, -0.25) is 9.59 Å². The fourth-order valence-corrected chi connectivity index (χ4v) is 4.72. The summed E-state index contributed by atoms with van der Waals surface area (Å²) in [5.41, 5.74) is 1.13. The van der Waals surface area contributed by atoms with Crippen molar-refractivity contribution in [2.24, 2.45) is 0 Å². The molecule has 29 heavy (non-hydrogen) atoms. The van der Waals surface area contributed by atoms with Gasteiger partial charge >= 0.3 is 0 Å². The van der Waals surface area contributed by atoms with E-state index in [2.05, 4.69) is 17.6 Å². The molecule has 0 saturated carbocycles. The van der Waals surface area contributed by atoms with Crippen molar-refractivity contribution in [1.82, 2.24) is 14.9 Å². The minimum Gasteiger partial charge on any atom is -0.355 e. The molecule has 0 atom stereocenters. The molecule has 8 nitrogen and oxygen atoms in total. The number of quaternary nitrogens is 1. The van der Waals surface area contributed by atoms with Crippen LogP contribution in [0.15, 0.2) is 29.2 Å². The lowest BCUT2D eigenvalue weighted by Gasteiger charge is -2.31. The Morgan fingerprint density at radius 1 is 1.00 bits per heavy atom. The maximum atomic E-state index is 12.8. The molecule has 0 aromatic heterocycles. The van der Waals surface area contributed by atoms with E-state index >= 15 is 0 Å². The highest BCUT2D eigenvalue weighted by atomic mass is 32.2. The second-order valence-electron chi connectivity index (χ2n) is 7.35.